The second kappa shape index (κ2) is 4.69. The van der Waals surface area contributed by atoms with E-state index in [2.05, 4.69) is 4.74 Å². The molecule has 2 amide bonds. The Labute approximate surface area is 78.2 Å². The van der Waals surface area contributed by atoms with Crippen molar-refractivity contribution in [3.63, 3.8) is 0 Å². The molecule has 76 valence electrons. The van der Waals surface area contributed by atoms with Crippen LogP contribution in [0.25, 0.3) is 0 Å². The number of hydrogen-bond acceptors (Lipinski definition) is 3. The monoisotopic (exact) mass is 188 g/mol. The van der Waals surface area contributed by atoms with E-state index in [1.165, 1.54) is 10.0 Å². The number of cyclic esters (lactones) is 1. The minimum Gasteiger partial charge on any atom is -0.438 e. The minimum atomic E-state index is -0.445. The van der Waals surface area contributed by atoms with E-state index in [9.17, 15) is 9.59 Å². The molecule has 1 fully saturated rings. The number of carbonyl (C=O) groups excluding carboxylic acids is 2. The molecule has 0 bridgehead atoms. The molecule has 1 aliphatic rings. The molecule has 0 unspecified atom stereocenters. The van der Waals surface area contributed by atoms with Crippen LogP contribution in [-0.4, -0.2) is 42.2 Å². The van der Waals surface area contributed by atoms with Gasteiger partial charge in [0, 0.05) is 13.6 Å². The van der Waals surface area contributed by atoms with Gasteiger partial charge in [-0.1, -0.05) is 14.4 Å². The highest BCUT2D eigenvalue weighted by atomic mass is 16.6. The van der Waals surface area contributed by atoms with E-state index in [0.717, 1.165) is 6.42 Å². The molecule has 0 radical (unpaired) electrons. The molecule has 13 heavy (non-hydrogen) atoms. The van der Waals surface area contributed by atoms with Gasteiger partial charge in [0.05, 0.1) is 0 Å². The maximum absolute atomic E-state index is 11.0. The van der Waals surface area contributed by atoms with Crippen LogP contribution >= 0.6 is 0 Å². The van der Waals surface area contributed by atoms with E-state index in [4.69, 9.17) is 0 Å². The van der Waals surface area contributed by atoms with Crippen LogP contribution in [0.15, 0.2) is 0 Å². The van der Waals surface area contributed by atoms with Crippen molar-refractivity contribution in [2.24, 2.45) is 0 Å². The van der Waals surface area contributed by atoms with Gasteiger partial charge in [-0.3, -0.25) is 4.79 Å². The number of likely N-dealkylation sites (N-methyl/N-ethyl adjacent to an activating group) is 1. The van der Waals surface area contributed by atoms with Gasteiger partial charge >= 0.3 is 6.09 Å². The van der Waals surface area contributed by atoms with E-state index >= 15 is 0 Å². The lowest BCUT2D eigenvalue weighted by atomic mass is 10.4. The largest absolute Gasteiger partial charge is 0.438 e. The fraction of sp³-hybridized carbons (Fsp3) is 0.750. The molecule has 0 spiro atoms. The van der Waals surface area contributed by atoms with Gasteiger partial charge in [-0.2, -0.15) is 0 Å². The number of hydrogen-bond donors (Lipinski definition) is 0. The van der Waals surface area contributed by atoms with Gasteiger partial charge in [-0.05, 0) is 6.42 Å². The van der Waals surface area contributed by atoms with Crippen molar-refractivity contribution in [2.75, 3.05) is 20.2 Å². The molecule has 0 aliphatic carbocycles. The molecule has 0 atom stereocenters. The van der Waals surface area contributed by atoms with E-state index in [1.54, 1.807) is 7.05 Å². The van der Waals surface area contributed by atoms with E-state index in [0.29, 0.717) is 6.54 Å². The summed E-state index contributed by atoms with van der Waals surface area (Å²) >= 11 is 0. The maximum atomic E-state index is 11.0. The summed E-state index contributed by atoms with van der Waals surface area (Å²) in [4.78, 5) is 22.1. The van der Waals surface area contributed by atoms with Crippen LogP contribution in [0.4, 0.5) is 4.79 Å². The molecule has 1 rings (SSSR count). The molecule has 1 aliphatic heterocycles. The summed E-state index contributed by atoms with van der Waals surface area (Å²) in [6, 6.07) is 0. The van der Waals surface area contributed by atoms with E-state index in [1.807, 2.05) is 6.92 Å². The number of hydrazine groups is 1. The van der Waals surface area contributed by atoms with E-state index < -0.39 is 6.09 Å². The minimum absolute atomic E-state index is 0. The number of nitrogens with zero attached hydrogens (tertiary/aromatic N) is 2. The van der Waals surface area contributed by atoms with Crippen LogP contribution < -0.4 is 0 Å². The zero-order valence-electron chi connectivity index (χ0n) is 7.24. The molecular weight excluding hydrogens is 172 g/mol. The van der Waals surface area contributed by atoms with Crippen molar-refractivity contribution >= 4 is 12.0 Å². The van der Waals surface area contributed by atoms with Crippen LogP contribution in [0.1, 0.15) is 20.8 Å². The summed E-state index contributed by atoms with van der Waals surface area (Å²) in [6.07, 6.45) is 0.353. The van der Waals surface area contributed by atoms with Gasteiger partial charge in [0.2, 0.25) is 0 Å². The average molecular weight is 188 g/mol. The molecule has 0 saturated carbocycles. The Hall–Kier alpha value is -1.26. The highest BCUT2D eigenvalue weighted by molar-refractivity contribution is 5.84. The number of ether oxygens (including phenoxy) is 1. The Morgan fingerprint density at radius 2 is 2.08 bits per heavy atom. The van der Waals surface area contributed by atoms with Crippen LogP contribution in [0.2, 0.25) is 0 Å². The van der Waals surface area contributed by atoms with Gasteiger partial charge in [0.15, 0.2) is 6.61 Å². The van der Waals surface area contributed by atoms with Gasteiger partial charge in [-0.25, -0.2) is 14.8 Å². The van der Waals surface area contributed by atoms with Crippen molar-refractivity contribution in [1.82, 2.24) is 10.0 Å². The fourth-order valence-corrected chi connectivity index (χ4v) is 1.00. The molecule has 1 saturated heterocycles. The Bertz CT molecular complexity index is 206. The molecule has 0 aromatic rings. The third-order valence-corrected chi connectivity index (χ3v) is 1.69. The van der Waals surface area contributed by atoms with Crippen molar-refractivity contribution < 1.29 is 14.3 Å². The highest BCUT2D eigenvalue weighted by Gasteiger charge is 2.29. The van der Waals surface area contributed by atoms with Crippen molar-refractivity contribution in [2.45, 2.75) is 20.8 Å². The predicted molar refractivity (Wildman–Crippen MR) is 47.8 cm³/mol. The lowest BCUT2D eigenvalue weighted by molar-refractivity contribution is -0.155. The van der Waals surface area contributed by atoms with Crippen molar-refractivity contribution in [3.05, 3.63) is 0 Å². The maximum Gasteiger partial charge on any atom is 0.429 e. The molecule has 1 heterocycles. The Kier molecular flexibility index (Phi) is 4.23. The summed E-state index contributed by atoms with van der Waals surface area (Å²) < 4.78 is 4.62. The second-order valence-electron chi connectivity index (χ2n) is 2.60. The number of rotatable bonds is 2. The van der Waals surface area contributed by atoms with Crippen LogP contribution in [-0.2, 0) is 9.53 Å². The first-order chi connectivity index (χ1) is 5.66. The third kappa shape index (κ3) is 2.34. The normalized spacial score (nSPS) is 16.8. The van der Waals surface area contributed by atoms with Crippen molar-refractivity contribution in [1.29, 1.82) is 0 Å². The molecular formula is C8H16N2O3. The van der Waals surface area contributed by atoms with E-state index in [-0.39, 0.29) is 19.9 Å². The molecule has 5 nitrogen and oxygen atoms in total. The Morgan fingerprint density at radius 1 is 1.46 bits per heavy atom. The molecule has 5 heteroatoms. The highest BCUT2D eigenvalue weighted by Crippen LogP contribution is 2.06. The summed E-state index contributed by atoms with van der Waals surface area (Å²) in [6.45, 7) is 2.30. The molecule has 0 N–H and O–H groups in total. The Balaban J connectivity index is 0.00000144. The van der Waals surface area contributed by atoms with Crippen LogP contribution in [0.3, 0.4) is 0 Å². The van der Waals surface area contributed by atoms with Crippen molar-refractivity contribution in [3.8, 4) is 0 Å². The van der Waals surface area contributed by atoms with Gasteiger partial charge in [0.1, 0.15) is 0 Å². The average Bonchev–Trinajstić information content (AvgIpc) is 2.06. The smallest absolute Gasteiger partial charge is 0.429 e. The quantitative estimate of drug-likeness (QED) is 0.645. The first-order valence-corrected chi connectivity index (χ1v) is 3.87. The lowest BCUT2D eigenvalue weighted by Gasteiger charge is -2.34. The first-order valence-electron chi connectivity index (χ1n) is 3.87. The fourth-order valence-electron chi connectivity index (χ4n) is 1.00. The standard InChI is InChI=1S/C7H12N2O3.CH4/c1-3-4-9-7(11)12-5-6(10)8(9)2;/h3-5H2,1-2H3;1H4. The summed E-state index contributed by atoms with van der Waals surface area (Å²) in [5, 5.41) is 2.60. The Morgan fingerprint density at radius 3 is 2.62 bits per heavy atom. The zero-order chi connectivity index (χ0) is 9.14. The summed E-state index contributed by atoms with van der Waals surface area (Å²) in [5.74, 6) is -0.192. The summed E-state index contributed by atoms with van der Waals surface area (Å²) in [5.41, 5.74) is 0. The second-order valence-corrected chi connectivity index (χ2v) is 2.60. The first kappa shape index (κ1) is 11.7. The van der Waals surface area contributed by atoms with Gasteiger partial charge in [-0.15, -0.1) is 0 Å². The van der Waals surface area contributed by atoms with Gasteiger partial charge in [0.25, 0.3) is 5.91 Å². The predicted octanol–water partition coefficient (Wildman–Crippen LogP) is 0.858. The van der Waals surface area contributed by atoms with Crippen LogP contribution in [0.5, 0.6) is 0 Å². The molecule has 0 aromatic heterocycles. The third-order valence-electron chi connectivity index (χ3n) is 1.69. The summed E-state index contributed by atoms with van der Waals surface area (Å²) in [7, 11) is 1.57. The number of amides is 2. The topological polar surface area (TPSA) is 49.9 Å². The zero-order valence-corrected chi connectivity index (χ0v) is 7.24. The lowest BCUT2D eigenvalue weighted by Crippen LogP contribution is -2.53. The SMILES string of the molecule is C.CCCN1C(=O)OCC(=O)N1C. The van der Waals surface area contributed by atoms with Gasteiger partial charge < -0.3 is 4.74 Å². The van der Waals surface area contributed by atoms with Crippen LogP contribution in [0, 0.1) is 0 Å². The molecule has 0 aromatic carbocycles. The number of carbonyl (C=O) groups is 2.